The molecule has 0 amide bonds. The van der Waals surface area contributed by atoms with Crippen molar-refractivity contribution in [2.75, 3.05) is 19.6 Å². The van der Waals surface area contributed by atoms with Gasteiger partial charge in [-0.1, -0.05) is 38.1 Å². The predicted octanol–water partition coefficient (Wildman–Crippen LogP) is 2.43. The Morgan fingerprint density at radius 1 is 1.24 bits per heavy atom. The van der Waals surface area contributed by atoms with Crippen LogP contribution in [-0.4, -0.2) is 30.6 Å². The number of hydrogen-bond acceptors (Lipinski definition) is 2. The molecule has 0 aromatic heterocycles. The van der Waals surface area contributed by atoms with Crippen LogP contribution in [0, 0.1) is 0 Å². The summed E-state index contributed by atoms with van der Waals surface area (Å²) in [5.74, 6) is 0. The number of fused-ring (bicyclic) bond motifs is 1. The van der Waals surface area contributed by atoms with Gasteiger partial charge in [0.25, 0.3) is 0 Å². The van der Waals surface area contributed by atoms with E-state index in [9.17, 15) is 0 Å². The summed E-state index contributed by atoms with van der Waals surface area (Å²) in [5, 5.41) is 3.66. The van der Waals surface area contributed by atoms with Gasteiger partial charge >= 0.3 is 0 Å². The molecule has 2 rings (SSSR count). The molecule has 0 saturated carbocycles. The second-order valence-corrected chi connectivity index (χ2v) is 4.94. The summed E-state index contributed by atoms with van der Waals surface area (Å²) < 4.78 is 0. The molecule has 0 bridgehead atoms. The number of benzene rings is 1. The Hall–Kier alpha value is -0.860. The molecule has 1 aliphatic heterocycles. The summed E-state index contributed by atoms with van der Waals surface area (Å²) in [4.78, 5) is 2.55. The van der Waals surface area contributed by atoms with Gasteiger partial charge in [0.15, 0.2) is 0 Å². The van der Waals surface area contributed by atoms with E-state index < -0.39 is 0 Å². The van der Waals surface area contributed by atoms with Crippen molar-refractivity contribution in [1.29, 1.82) is 0 Å². The monoisotopic (exact) mass is 232 g/mol. The first kappa shape index (κ1) is 12.6. The first-order chi connectivity index (χ1) is 8.33. The fourth-order valence-corrected chi connectivity index (χ4v) is 2.66. The van der Waals surface area contributed by atoms with Crippen molar-refractivity contribution in [3.05, 3.63) is 35.4 Å². The third kappa shape index (κ3) is 3.30. The topological polar surface area (TPSA) is 15.3 Å². The fraction of sp³-hybridized carbons (Fsp3) is 0.600. The van der Waals surface area contributed by atoms with E-state index in [2.05, 4.69) is 48.3 Å². The van der Waals surface area contributed by atoms with E-state index in [1.54, 1.807) is 0 Å². The highest BCUT2D eigenvalue weighted by molar-refractivity contribution is 5.29. The molecule has 1 aliphatic rings. The molecule has 94 valence electrons. The van der Waals surface area contributed by atoms with Crippen LogP contribution in [0.25, 0.3) is 0 Å². The quantitative estimate of drug-likeness (QED) is 0.839. The second kappa shape index (κ2) is 6.18. The van der Waals surface area contributed by atoms with Crippen LogP contribution < -0.4 is 5.32 Å². The molecule has 0 saturated heterocycles. The Bertz CT molecular complexity index is 349. The summed E-state index contributed by atoms with van der Waals surface area (Å²) in [6, 6.07) is 9.43. The third-order valence-corrected chi connectivity index (χ3v) is 3.63. The molecule has 17 heavy (non-hydrogen) atoms. The lowest BCUT2D eigenvalue weighted by atomic mass is 9.95. The average molecular weight is 232 g/mol. The van der Waals surface area contributed by atoms with Crippen LogP contribution in [0.5, 0.6) is 0 Å². The van der Waals surface area contributed by atoms with Gasteiger partial charge in [-0.25, -0.2) is 0 Å². The minimum absolute atomic E-state index is 0.622. The predicted molar refractivity (Wildman–Crippen MR) is 73.2 cm³/mol. The van der Waals surface area contributed by atoms with Crippen LogP contribution in [-0.2, 0) is 13.0 Å². The molecule has 1 atom stereocenters. The fourth-order valence-electron chi connectivity index (χ4n) is 2.66. The summed E-state index contributed by atoms with van der Waals surface area (Å²) in [5.41, 5.74) is 3.01. The van der Waals surface area contributed by atoms with Gasteiger partial charge in [-0.3, -0.25) is 0 Å². The number of nitrogens with zero attached hydrogens (tertiary/aromatic N) is 1. The van der Waals surface area contributed by atoms with Gasteiger partial charge in [-0.05, 0) is 37.1 Å². The van der Waals surface area contributed by atoms with Gasteiger partial charge in [0.05, 0.1) is 0 Å². The number of hydrogen-bond donors (Lipinski definition) is 1. The van der Waals surface area contributed by atoms with Crippen LogP contribution >= 0.6 is 0 Å². The van der Waals surface area contributed by atoms with E-state index in [4.69, 9.17) is 0 Å². The lowest BCUT2D eigenvalue weighted by molar-refractivity contribution is 0.247. The number of rotatable bonds is 5. The van der Waals surface area contributed by atoms with Crippen molar-refractivity contribution in [3.8, 4) is 0 Å². The van der Waals surface area contributed by atoms with Crippen molar-refractivity contribution < 1.29 is 0 Å². The summed E-state index contributed by atoms with van der Waals surface area (Å²) in [6.45, 7) is 9.10. The molecule has 0 radical (unpaired) electrons. The Balaban J connectivity index is 1.93. The van der Waals surface area contributed by atoms with E-state index in [1.165, 1.54) is 37.1 Å². The van der Waals surface area contributed by atoms with Crippen LogP contribution in [0.3, 0.4) is 0 Å². The summed E-state index contributed by atoms with van der Waals surface area (Å²) >= 11 is 0. The van der Waals surface area contributed by atoms with Crippen molar-refractivity contribution >= 4 is 0 Å². The Labute approximate surface area is 105 Å². The molecule has 1 heterocycles. The van der Waals surface area contributed by atoms with Gasteiger partial charge in [0.2, 0.25) is 0 Å². The molecular weight excluding hydrogens is 208 g/mol. The molecular formula is C15H24N2. The summed E-state index contributed by atoms with van der Waals surface area (Å²) in [7, 11) is 0. The lowest BCUT2D eigenvalue weighted by Gasteiger charge is -2.31. The van der Waals surface area contributed by atoms with E-state index in [0.29, 0.717) is 6.04 Å². The van der Waals surface area contributed by atoms with Crippen molar-refractivity contribution in [2.45, 2.75) is 39.3 Å². The zero-order valence-electron chi connectivity index (χ0n) is 11.1. The molecule has 1 unspecified atom stereocenters. The van der Waals surface area contributed by atoms with Crippen molar-refractivity contribution in [3.63, 3.8) is 0 Å². The highest BCUT2D eigenvalue weighted by atomic mass is 15.1. The maximum Gasteiger partial charge on any atom is 0.0238 e. The normalized spacial score (nSPS) is 19.4. The van der Waals surface area contributed by atoms with Gasteiger partial charge in [-0.2, -0.15) is 0 Å². The zero-order chi connectivity index (χ0) is 12.1. The maximum absolute atomic E-state index is 3.66. The molecule has 2 heteroatoms. The van der Waals surface area contributed by atoms with Crippen LogP contribution in [0.15, 0.2) is 24.3 Å². The molecule has 0 fully saturated rings. The largest absolute Gasteiger partial charge is 0.308 e. The van der Waals surface area contributed by atoms with Gasteiger partial charge in [0.1, 0.15) is 0 Å². The molecule has 2 nitrogen and oxygen atoms in total. The van der Waals surface area contributed by atoms with Crippen molar-refractivity contribution in [1.82, 2.24) is 10.2 Å². The van der Waals surface area contributed by atoms with E-state index in [1.807, 2.05) is 0 Å². The maximum atomic E-state index is 3.66. The SMILES string of the molecule is CCCN(CC)CC1Cc2ccccc2CN1. The molecule has 1 aromatic rings. The minimum atomic E-state index is 0.622. The van der Waals surface area contributed by atoms with Crippen LogP contribution in [0.2, 0.25) is 0 Å². The lowest BCUT2D eigenvalue weighted by Crippen LogP contribution is -2.44. The van der Waals surface area contributed by atoms with Crippen LogP contribution in [0.1, 0.15) is 31.4 Å². The second-order valence-electron chi connectivity index (χ2n) is 4.94. The Morgan fingerprint density at radius 2 is 2.00 bits per heavy atom. The van der Waals surface area contributed by atoms with Gasteiger partial charge < -0.3 is 10.2 Å². The summed E-state index contributed by atoms with van der Waals surface area (Å²) in [6.07, 6.45) is 2.42. The molecule has 1 aromatic carbocycles. The first-order valence-corrected chi connectivity index (χ1v) is 6.86. The molecule has 0 aliphatic carbocycles. The highest BCUT2D eigenvalue weighted by Gasteiger charge is 2.18. The number of nitrogens with one attached hydrogen (secondary N) is 1. The van der Waals surface area contributed by atoms with Gasteiger partial charge in [0, 0.05) is 19.1 Å². The Morgan fingerprint density at radius 3 is 2.71 bits per heavy atom. The average Bonchev–Trinajstić information content (AvgIpc) is 2.38. The molecule has 1 N–H and O–H groups in total. The number of likely N-dealkylation sites (N-methyl/N-ethyl adjacent to an activating group) is 1. The van der Waals surface area contributed by atoms with Gasteiger partial charge in [-0.15, -0.1) is 0 Å². The highest BCUT2D eigenvalue weighted by Crippen LogP contribution is 2.16. The van der Waals surface area contributed by atoms with Crippen molar-refractivity contribution in [2.24, 2.45) is 0 Å². The van der Waals surface area contributed by atoms with E-state index >= 15 is 0 Å². The van der Waals surface area contributed by atoms with Crippen LogP contribution in [0.4, 0.5) is 0 Å². The standard InChI is InChI=1S/C15H24N2/c1-3-9-17(4-2)12-15-10-13-7-5-6-8-14(13)11-16-15/h5-8,15-16H,3-4,9-12H2,1-2H3. The van der Waals surface area contributed by atoms with E-state index in [-0.39, 0.29) is 0 Å². The Kier molecular flexibility index (Phi) is 4.57. The molecule has 0 spiro atoms. The third-order valence-electron chi connectivity index (χ3n) is 3.63. The van der Waals surface area contributed by atoms with E-state index in [0.717, 1.165) is 13.1 Å². The smallest absolute Gasteiger partial charge is 0.0238 e. The zero-order valence-corrected chi connectivity index (χ0v) is 11.1. The first-order valence-electron chi connectivity index (χ1n) is 6.86. The minimum Gasteiger partial charge on any atom is -0.308 e.